The Hall–Kier alpha value is -1.66. The lowest BCUT2D eigenvalue weighted by molar-refractivity contribution is -0.144. The van der Waals surface area contributed by atoms with Gasteiger partial charge in [0.15, 0.2) is 0 Å². The normalized spacial score (nSPS) is 19.4. The van der Waals surface area contributed by atoms with E-state index in [2.05, 4.69) is 0 Å². The Labute approximate surface area is 163 Å². The van der Waals surface area contributed by atoms with Crippen molar-refractivity contribution >= 4 is 29.9 Å². The zero-order valence-electron chi connectivity index (χ0n) is 14.3. The molecule has 1 heterocycles. The van der Waals surface area contributed by atoms with Crippen molar-refractivity contribution in [1.29, 1.82) is 0 Å². The number of hydrogen-bond acceptors (Lipinski definition) is 3. The monoisotopic (exact) mass is 398 g/mol. The Kier molecular flexibility index (Phi) is 6.64. The highest BCUT2D eigenvalue weighted by Gasteiger charge is 2.37. The van der Waals surface area contributed by atoms with E-state index in [9.17, 15) is 9.18 Å². The molecule has 3 rings (SSSR count). The minimum Gasteiger partial charge on any atom is -0.370 e. The average molecular weight is 399 g/mol. The van der Waals surface area contributed by atoms with Crippen molar-refractivity contribution in [3.8, 4) is 0 Å². The van der Waals surface area contributed by atoms with Crippen LogP contribution >= 0.6 is 24.0 Å². The molecule has 1 saturated heterocycles. The molecule has 2 unspecified atom stereocenters. The van der Waals surface area contributed by atoms with Crippen molar-refractivity contribution in [2.45, 2.75) is 18.6 Å². The molecule has 0 saturated carbocycles. The zero-order valence-corrected chi connectivity index (χ0v) is 15.9. The standard InChI is InChI=1S/C19H20ClFN2O2.ClH/c1-19(22,14-5-3-2-4-6-14)18(24)23-9-10-25-17(12-23)13-7-8-16(21)15(20)11-13;/h2-8,11,17H,9-10,12,22H2,1H3;1H. The number of nitrogens with two attached hydrogens (primary N) is 1. The van der Waals surface area contributed by atoms with Gasteiger partial charge in [-0.2, -0.15) is 0 Å². The number of rotatable bonds is 3. The number of halogens is 3. The fourth-order valence-corrected chi connectivity index (χ4v) is 3.17. The second-order valence-corrected chi connectivity index (χ2v) is 6.76. The summed E-state index contributed by atoms with van der Waals surface area (Å²) in [5, 5.41) is 0.0394. The highest BCUT2D eigenvalue weighted by molar-refractivity contribution is 6.30. The van der Waals surface area contributed by atoms with Crippen molar-refractivity contribution in [1.82, 2.24) is 4.90 Å². The van der Waals surface area contributed by atoms with Crippen LogP contribution in [0.5, 0.6) is 0 Å². The second kappa shape index (κ2) is 8.35. The van der Waals surface area contributed by atoms with Gasteiger partial charge in [0, 0.05) is 6.54 Å². The summed E-state index contributed by atoms with van der Waals surface area (Å²) < 4.78 is 19.1. The maximum Gasteiger partial charge on any atom is 0.247 e. The first-order valence-corrected chi connectivity index (χ1v) is 8.47. The van der Waals surface area contributed by atoms with Crippen molar-refractivity contribution in [2.75, 3.05) is 19.7 Å². The first kappa shape index (κ1) is 20.6. The van der Waals surface area contributed by atoms with Gasteiger partial charge in [-0.05, 0) is 30.2 Å². The van der Waals surface area contributed by atoms with E-state index in [-0.39, 0.29) is 29.4 Å². The SMILES string of the molecule is CC(N)(C(=O)N1CCOC(c2ccc(F)c(Cl)c2)C1)c1ccccc1.Cl. The van der Waals surface area contributed by atoms with Gasteiger partial charge in [-0.25, -0.2) is 4.39 Å². The molecule has 0 aromatic heterocycles. The van der Waals surface area contributed by atoms with E-state index < -0.39 is 11.4 Å². The molecule has 1 aliphatic rings. The van der Waals surface area contributed by atoms with Crippen molar-refractivity contribution in [3.05, 3.63) is 70.5 Å². The van der Waals surface area contributed by atoms with Crippen LogP contribution in [0.25, 0.3) is 0 Å². The maximum absolute atomic E-state index is 13.4. The smallest absolute Gasteiger partial charge is 0.247 e. The summed E-state index contributed by atoms with van der Waals surface area (Å²) in [6.07, 6.45) is -0.359. The van der Waals surface area contributed by atoms with Crippen molar-refractivity contribution in [3.63, 3.8) is 0 Å². The number of nitrogens with zero attached hydrogens (tertiary/aromatic N) is 1. The van der Waals surface area contributed by atoms with Gasteiger partial charge in [0.05, 0.1) is 18.2 Å². The van der Waals surface area contributed by atoms with Crippen LogP contribution in [-0.4, -0.2) is 30.5 Å². The predicted octanol–water partition coefficient (Wildman–Crippen LogP) is 3.67. The van der Waals surface area contributed by atoms with E-state index >= 15 is 0 Å². The predicted molar refractivity (Wildman–Crippen MR) is 102 cm³/mol. The van der Waals surface area contributed by atoms with Gasteiger partial charge in [-0.1, -0.05) is 48.0 Å². The van der Waals surface area contributed by atoms with E-state index in [1.165, 1.54) is 12.1 Å². The highest BCUT2D eigenvalue weighted by atomic mass is 35.5. The Morgan fingerprint density at radius 1 is 1.31 bits per heavy atom. The van der Waals surface area contributed by atoms with Gasteiger partial charge in [0.25, 0.3) is 0 Å². The molecular formula is C19H21Cl2FN2O2. The molecule has 26 heavy (non-hydrogen) atoms. The Bertz CT molecular complexity index is 771. The molecule has 2 aromatic rings. The minimum atomic E-state index is -1.12. The molecule has 0 aliphatic carbocycles. The number of carbonyl (C=O) groups excluding carboxylic acids is 1. The van der Waals surface area contributed by atoms with Crippen LogP contribution in [0.15, 0.2) is 48.5 Å². The molecule has 140 valence electrons. The second-order valence-electron chi connectivity index (χ2n) is 6.35. The molecule has 0 radical (unpaired) electrons. The van der Waals surface area contributed by atoms with Crippen LogP contribution in [0, 0.1) is 5.82 Å². The summed E-state index contributed by atoms with van der Waals surface area (Å²) >= 11 is 5.85. The zero-order chi connectivity index (χ0) is 18.0. The highest BCUT2D eigenvalue weighted by Crippen LogP contribution is 2.28. The fourth-order valence-electron chi connectivity index (χ4n) is 2.98. The van der Waals surface area contributed by atoms with Gasteiger partial charge >= 0.3 is 0 Å². The number of carbonyl (C=O) groups is 1. The third kappa shape index (κ3) is 4.18. The molecular weight excluding hydrogens is 378 g/mol. The molecule has 1 amide bonds. The summed E-state index contributed by atoms with van der Waals surface area (Å²) in [5.41, 5.74) is 6.71. The van der Waals surface area contributed by atoms with Gasteiger partial charge < -0.3 is 15.4 Å². The van der Waals surface area contributed by atoms with Gasteiger partial charge in [0.2, 0.25) is 5.91 Å². The third-order valence-electron chi connectivity index (χ3n) is 4.49. The number of amides is 1. The minimum absolute atomic E-state index is 0. The lowest BCUT2D eigenvalue weighted by Gasteiger charge is -2.37. The largest absolute Gasteiger partial charge is 0.370 e. The first-order chi connectivity index (χ1) is 11.9. The van der Waals surface area contributed by atoms with E-state index in [0.717, 1.165) is 11.1 Å². The fraction of sp³-hybridized carbons (Fsp3) is 0.316. The van der Waals surface area contributed by atoms with Crippen LogP contribution in [0.3, 0.4) is 0 Å². The molecule has 0 bridgehead atoms. The summed E-state index contributed by atoms with van der Waals surface area (Å²) in [5.74, 6) is -0.645. The van der Waals surface area contributed by atoms with Crippen molar-refractivity contribution in [2.24, 2.45) is 5.73 Å². The number of morpholine rings is 1. The van der Waals surface area contributed by atoms with Crippen LogP contribution in [0.4, 0.5) is 4.39 Å². The number of ether oxygens (including phenoxy) is 1. The molecule has 4 nitrogen and oxygen atoms in total. The van der Waals surface area contributed by atoms with Gasteiger partial charge in [0.1, 0.15) is 17.5 Å². The number of hydrogen-bond donors (Lipinski definition) is 1. The summed E-state index contributed by atoms with van der Waals surface area (Å²) in [6, 6.07) is 13.7. The van der Waals surface area contributed by atoms with E-state index in [4.69, 9.17) is 22.1 Å². The van der Waals surface area contributed by atoms with E-state index in [1.54, 1.807) is 17.9 Å². The maximum atomic E-state index is 13.4. The molecule has 2 N–H and O–H groups in total. The van der Waals surface area contributed by atoms with Crippen molar-refractivity contribution < 1.29 is 13.9 Å². The Balaban J connectivity index is 0.00000243. The molecule has 1 aliphatic heterocycles. The molecule has 1 fully saturated rings. The lowest BCUT2D eigenvalue weighted by atomic mass is 9.91. The lowest BCUT2D eigenvalue weighted by Crippen LogP contribution is -2.54. The van der Waals surface area contributed by atoms with E-state index in [0.29, 0.717) is 19.7 Å². The van der Waals surface area contributed by atoms with Crippen LogP contribution in [-0.2, 0) is 15.1 Å². The molecule has 0 spiro atoms. The molecule has 7 heteroatoms. The van der Waals surface area contributed by atoms with Crippen LogP contribution < -0.4 is 5.73 Å². The van der Waals surface area contributed by atoms with E-state index in [1.807, 2.05) is 30.3 Å². The Morgan fingerprint density at radius 2 is 2.00 bits per heavy atom. The molecule has 2 atom stereocenters. The quantitative estimate of drug-likeness (QED) is 0.857. The first-order valence-electron chi connectivity index (χ1n) is 8.10. The average Bonchev–Trinajstić information content (AvgIpc) is 2.64. The summed E-state index contributed by atoms with van der Waals surface area (Å²) in [4.78, 5) is 14.7. The van der Waals surface area contributed by atoms with Gasteiger partial charge in [-0.15, -0.1) is 12.4 Å². The van der Waals surface area contributed by atoms with Gasteiger partial charge in [-0.3, -0.25) is 4.79 Å². The van der Waals surface area contributed by atoms with Crippen LogP contribution in [0.2, 0.25) is 5.02 Å². The van der Waals surface area contributed by atoms with Crippen LogP contribution in [0.1, 0.15) is 24.2 Å². The summed E-state index contributed by atoms with van der Waals surface area (Å²) in [6.45, 7) is 2.91. The number of benzene rings is 2. The third-order valence-corrected chi connectivity index (χ3v) is 4.78. The Morgan fingerprint density at radius 3 is 2.65 bits per heavy atom. The summed E-state index contributed by atoms with van der Waals surface area (Å²) in [7, 11) is 0. The molecule has 2 aromatic carbocycles. The topological polar surface area (TPSA) is 55.6 Å².